The molecule has 0 amide bonds. The monoisotopic (exact) mass is 349 g/mol. The Labute approximate surface area is 160 Å². The zero-order valence-corrected chi connectivity index (χ0v) is 15.8. The molecule has 4 rings (SSSR count). The summed E-state index contributed by atoms with van der Waals surface area (Å²) in [6.45, 7) is 8.50. The maximum atomic E-state index is 4.31. The quantitative estimate of drug-likeness (QED) is 0.342. The van der Waals surface area contributed by atoms with E-state index in [4.69, 9.17) is 0 Å². The normalized spacial score (nSPS) is 12.3. The second-order valence-corrected chi connectivity index (χ2v) is 6.83. The number of nitrogens with zero attached hydrogens (tertiary/aromatic N) is 1. The van der Waals surface area contributed by atoms with Gasteiger partial charge in [0.1, 0.15) is 0 Å². The van der Waals surface area contributed by atoms with Gasteiger partial charge in [-0.15, -0.1) is 0 Å². The van der Waals surface area contributed by atoms with Crippen LogP contribution in [0.15, 0.2) is 97.6 Å². The Morgan fingerprint density at radius 3 is 2.33 bits per heavy atom. The van der Waals surface area contributed by atoms with Crippen molar-refractivity contribution in [3.63, 3.8) is 0 Å². The molecule has 0 saturated carbocycles. The molecule has 0 N–H and O–H groups in total. The first-order valence-electron chi connectivity index (χ1n) is 9.28. The summed E-state index contributed by atoms with van der Waals surface area (Å²) < 4.78 is 2.33. The lowest BCUT2D eigenvalue weighted by molar-refractivity contribution is 1.23. The van der Waals surface area contributed by atoms with Crippen molar-refractivity contribution in [1.29, 1.82) is 0 Å². The Morgan fingerprint density at radius 2 is 1.56 bits per heavy atom. The highest BCUT2D eigenvalue weighted by molar-refractivity contribution is 6.11. The van der Waals surface area contributed by atoms with Gasteiger partial charge in [-0.1, -0.05) is 72.8 Å². The van der Waals surface area contributed by atoms with Gasteiger partial charge < -0.3 is 4.57 Å². The minimum Gasteiger partial charge on any atom is -0.309 e. The number of allylic oxidation sites excluding steroid dienone is 5. The fourth-order valence-electron chi connectivity index (χ4n) is 3.64. The van der Waals surface area contributed by atoms with Crippen LogP contribution in [0.3, 0.4) is 0 Å². The predicted octanol–water partition coefficient (Wildman–Crippen LogP) is 7.23. The van der Waals surface area contributed by atoms with Crippen LogP contribution in [0.5, 0.6) is 0 Å². The van der Waals surface area contributed by atoms with E-state index in [2.05, 4.69) is 97.8 Å². The number of aromatic nitrogens is 1. The van der Waals surface area contributed by atoms with E-state index < -0.39 is 0 Å². The molecule has 0 aliphatic carbocycles. The first-order valence-corrected chi connectivity index (χ1v) is 9.28. The van der Waals surface area contributed by atoms with Crippen molar-refractivity contribution in [2.75, 3.05) is 0 Å². The van der Waals surface area contributed by atoms with Crippen LogP contribution in [0.1, 0.15) is 18.1 Å². The number of fused-ring (bicyclic) bond motifs is 3. The predicted molar refractivity (Wildman–Crippen MR) is 119 cm³/mol. The van der Waals surface area contributed by atoms with E-state index in [0.29, 0.717) is 0 Å². The molecule has 0 aliphatic heterocycles. The molecule has 0 bridgehead atoms. The summed E-state index contributed by atoms with van der Waals surface area (Å²) in [6.07, 6.45) is 6.40. The van der Waals surface area contributed by atoms with Gasteiger partial charge >= 0.3 is 0 Å². The van der Waals surface area contributed by atoms with Crippen LogP contribution in [0.25, 0.3) is 33.1 Å². The highest BCUT2D eigenvalue weighted by Crippen LogP contribution is 2.33. The van der Waals surface area contributed by atoms with Crippen molar-refractivity contribution >= 4 is 33.1 Å². The van der Waals surface area contributed by atoms with Gasteiger partial charge in [0.15, 0.2) is 0 Å². The molecule has 0 aliphatic rings. The number of rotatable bonds is 4. The van der Waals surface area contributed by atoms with Gasteiger partial charge in [0.25, 0.3) is 0 Å². The lowest BCUT2D eigenvalue weighted by Crippen LogP contribution is -1.95. The molecule has 4 aromatic rings. The van der Waals surface area contributed by atoms with Crippen LogP contribution >= 0.6 is 0 Å². The van der Waals surface area contributed by atoms with Crippen molar-refractivity contribution in [2.24, 2.45) is 0 Å². The van der Waals surface area contributed by atoms with Crippen molar-refractivity contribution in [3.8, 4) is 0 Å². The van der Waals surface area contributed by atoms with Crippen molar-refractivity contribution in [3.05, 3.63) is 109 Å². The third-order valence-electron chi connectivity index (χ3n) is 4.89. The van der Waals surface area contributed by atoms with E-state index in [1.54, 1.807) is 0 Å². The zero-order valence-electron chi connectivity index (χ0n) is 15.8. The molecular weight excluding hydrogens is 326 g/mol. The summed E-state index contributed by atoms with van der Waals surface area (Å²) in [4.78, 5) is 0. The average molecular weight is 349 g/mol. The molecule has 0 spiro atoms. The Kier molecular flexibility index (Phi) is 4.52. The summed E-state index contributed by atoms with van der Waals surface area (Å²) in [5.41, 5.74) is 6.95. The zero-order chi connectivity index (χ0) is 18.8. The summed E-state index contributed by atoms with van der Waals surface area (Å²) in [6, 6.07) is 25.6. The number of para-hydroxylation sites is 1. The molecular formula is C26H23N. The largest absolute Gasteiger partial charge is 0.309 e. The Hall–Kier alpha value is -3.32. The first-order chi connectivity index (χ1) is 13.2. The van der Waals surface area contributed by atoms with Gasteiger partial charge in [-0.2, -0.15) is 0 Å². The molecule has 1 heterocycles. The Morgan fingerprint density at radius 1 is 0.852 bits per heavy atom. The molecule has 1 aromatic heterocycles. The average Bonchev–Trinajstić information content (AvgIpc) is 3.02. The summed E-state index contributed by atoms with van der Waals surface area (Å²) in [7, 11) is 0. The molecule has 1 heteroatoms. The molecule has 3 aromatic carbocycles. The summed E-state index contributed by atoms with van der Waals surface area (Å²) >= 11 is 0. The third kappa shape index (κ3) is 3.13. The van der Waals surface area contributed by atoms with Crippen LogP contribution in [0, 0.1) is 6.92 Å². The molecule has 0 fully saturated rings. The first kappa shape index (κ1) is 17.1. The van der Waals surface area contributed by atoms with Gasteiger partial charge in [0, 0.05) is 16.5 Å². The lowest BCUT2D eigenvalue weighted by Gasteiger charge is -2.11. The number of hydrogen-bond acceptors (Lipinski definition) is 0. The number of hydrogen-bond donors (Lipinski definition) is 0. The van der Waals surface area contributed by atoms with Gasteiger partial charge in [0.05, 0.1) is 11.0 Å². The maximum Gasteiger partial charge on any atom is 0.0541 e. The standard InChI is InChI=1S/C26H23N/c1-4-10-22(18-20(3)21-11-6-5-7-12-21)27-25-14-9-8-13-23(25)24-17-19(2)15-16-26(24)27/h4-18H,3H2,1-2H3. The third-order valence-corrected chi connectivity index (χ3v) is 4.89. The topological polar surface area (TPSA) is 4.93 Å². The van der Waals surface area contributed by atoms with E-state index in [1.165, 1.54) is 27.4 Å². The van der Waals surface area contributed by atoms with E-state index in [-0.39, 0.29) is 0 Å². The second-order valence-electron chi connectivity index (χ2n) is 6.83. The minimum absolute atomic E-state index is 1.00. The molecule has 0 unspecified atom stereocenters. The van der Waals surface area contributed by atoms with Crippen molar-refractivity contribution < 1.29 is 0 Å². The number of aryl methyl sites for hydroxylation is 1. The maximum absolute atomic E-state index is 4.31. The van der Waals surface area contributed by atoms with Gasteiger partial charge in [-0.05, 0) is 55.3 Å². The highest BCUT2D eigenvalue weighted by atomic mass is 15.0. The Balaban J connectivity index is 1.99. The van der Waals surface area contributed by atoms with E-state index >= 15 is 0 Å². The second kappa shape index (κ2) is 7.13. The molecule has 0 atom stereocenters. The van der Waals surface area contributed by atoms with Gasteiger partial charge in [-0.3, -0.25) is 0 Å². The van der Waals surface area contributed by atoms with Crippen LogP contribution in [0.2, 0.25) is 0 Å². The van der Waals surface area contributed by atoms with Crippen LogP contribution in [-0.4, -0.2) is 4.57 Å². The van der Waals surface area contributed by atoms with Crippen molar-refractivity contribution in [1.82, 2.24) is 4.57 Å². The van der Waals surface area contributed by atoms with Gasteiger partial charge in [-0.25, -0.2) is 0 Å². The molecule has 0 radical (unpaired) electrons. The molecule has 132 valence electrons. The molecule has 1 nitrogen and oxygen atoms in total. The fourth-order valence-corrected chi connectivity index (χ4v) is 3.64. The highest BCUT2D eigenvalue weighted by Gasteiger charge is 2.12. The van der Waals surface area contributed by atoms with Crippen LogP contribution in [-0.2, 0) is 0 Å². The van der Waals surface area contributed by atoms with Crippen LogP contribution < -0.4 is 0 Å². The minimum atomic E-state index is 1.00. The lowest BCUT2D eigenvalue weighted by atomic mass is 10.1. The smallest absolute Gasteiger partial charge is 0.0541 e. The van der Waals surface area contributed by atoms with E-state index in [1.807, 2.05) is 18.2 Å². The molecule has 27 heavy (non-hydrogen) atoms. The number of benzene rings is 3. The molecule has 0 saturated heterocycles. The summed E-state index contributed by atoms with van der Waals surface area (Å²) in [5.74, 6) is 0. The van der Waals surface area contributed by atoms with Crippen molar-refractivity contribution in [2.45, 2.75) is 13.8 Å². The van der Waals surface area contributed by atoms with E-state index in [0.717, 1.165) is 16.8 Å². The summed E-state index contributed by atoms with van der Waals surface area (Å²) in [5, 5.41) is 2.56. The SMILES string of the molecule is C=C(C=C(C=CC)n1c2ccccc2c2cc(C)ccc21)c1ccccc1. The van der Waals surface area contributed by atoms with Crippen LogP contribution in [0.4, 0.5) is 0 Å². The van der Waals surface area contributed by atoms with Gasteiger partial charge in [0.2, 0.25) is 0 Å². The fraction of sp³-hybridized carbons (Fsp3) is 0.0769. The van der Waals surface area contributed by atoms with E-state index in [9.17, 15) is 0 Å². The Bertz CT molecular complexity index is 1190.